The molecule has 1 N–H and O–H groups in total. The van der Waals surface area contributed by atoms with Gasteiger partial charge in [-0.25, -0.2) is 13.8 Å². The van der Waals surface area contributed by atoms with E-state index in [0.29, 0.717) is 11.5 Å². The highest BCUT2D eigenvalue weighted by molar-refractivity contribution is 8.14. The number of nitrogens with one attached hydrogen (secondary N) is 1. The van der Waals surface area contributed by atoms with Crippen LogP contribution >= 0.6 is 11.8 Å². The van der Waals surface area contributed by atoms with E-state index in [-0.39, 0.29) is 11.4 Å². The third-order valence-corrected chi connectivity index (χ3v) is 6.36. The van der Waals surface area contributed by atoms with Gasteiger partial charge in [-0.15, -0.1) is 11.8 Å². The largest absolute Gasteiger partial charge is 0.497 e. The van der Waals surface area contributed by atoms with E-state index < -0.39 is 17.5 Å². The minimum atomic E-state index is -0.822. The number of halogens is 2. The van der Waals surface area contributed by atoms with Crippen molar-refractivity contribution in [2.75, 3.05) is 18.2 Å². The Morgan fingerprint density at radius 3 is 2.47 bits per heavy atom. The predicted molar refractivity (Wildman–Crippen MR) is 134 cm³/mol. The van der Waals surface area contributed by atoms with Gasteiger partial charge in [-0.3, -0.25) is 9.79 Å². The van der Waals surface area contributed by atoms with Crippen molar-refractivity contribution in [1.29, 1.82) is 0 Å². The molecule has 1 aliphatic heterocycles. The highest BCUT2D eigenvalue weighted by Crippen LogP contribution is 2.36. The normalized spacial score (nSPS) is 12.9. The van der Waals surface area contributed by atoms with Crippen LogP contribution in [0.1, 0.15) is 23.1 Å². The highest BCUT2D eigenvalue weighted by Gasteiger charge is 2.18. The van der Waals surface area contributed by atoms with Gasteiger partial charge in [-0.1, -0.05) is 12.1 Å². The first-order valence-corrected chi connectivity index (χ1v) is 11.6. The average molecular weight is 480 g/mol. The molecule has 0 saturated heterocycles. The number of hydrogen-bond acceptors (Lipinski definition) is 5. The number of aliphatic imine (C=N–C) groups is 2. The Balaban J connectivity index is 1.59. The van der Waals surface area contributed by atoms with Crippen LogP contribution in [0.3, 0.4) is 0 Å². The summed E-state index contributed by atoms with van der Waals surface area (Å²) >= 11 is 1.26. The second-order valence-corrected chi connectivity index (χ2v) is 8.91. The molecular weight excluding hydrogens is 456 g/mol. The van der Waals surface area contributed by atoms with Crippen LogP contribution in [0.2, 0.25) is 0 Å². The Hall–Kier alpha value is -3.52. The van der Waals surface area contributed by atoms with Crippen LogP contribution in [0, 0.1) is 25.5 Å². The molecular formula is C26H23F2N3O2S. The first-order chi connectivity index (χ1) is 16.3. The molecule has 0 aromatic heterocycles. The average Bonchev–Trinajstić information content (AvgIpc) is 2.99. The van der Waals surface area contributed by atoms with E-state index in [4.69, 9.17) is 14.7 Å². The third-order valence-electron chi connectivity index (χ3n) is 5.39. The second-order valence-electron chi connectivity index (χ2n) is 7.86. The van der Waals surface area contributed by atoms with Crippen molar-refractivity contribution >= 4 is 45.5 Å². The third kappa shape index (κ3) is 5.51. The number of aryl methyl sites for hydroxylation is 2. The maximum Gasteiger partial charge on any atom is 0.234 e. The highest BCUT2D eigenvalue weighted by atomic mass is 32.2. The summed E-state index contributed by atoms with van der Waals surface area (Å²) in [6.07, 6.45) is 0.419. The number of carbonyl (C=O) groups excluding carboxylic acids is 1. The predicted octanol–water partition coefficient (Wildman–Crippen LogP) is 6.52. The summed E-state index contributed by atoms with van der Waals surface area (Å²) in [6, 6.07) is 14.7. The van der Waals surface area contributed by atoms with Crippen molar-refractivity contribution in [2.24, 2.45) is 9.98 Å². The molecule has 0 radical (unpaired) electrons. The Morgan fingerprint density at radius 2 is 1.76 bits per heavy atom. The van der Waals surface area contributed by atoms with Crippen LogP contribution in [0.25, 0.3) is 0 Å². The second kappa shape index (κ2) is 10.2. The van der Waals surface area contributed by atoms with E-state index in [1.54, 1.807) is 7.11 Å². The van der Waals surface area contributed by atoms with E-state index in [0.717, 1.165) is 51.7 Å². The molecule has 0 bridgehead atoms. The van der Waals surface area contributed by atoms with Crippen molar-refractivity contribution < 1.29 is 18.3 Å². The van der Waals surface area contributed by atoms with Crippen molar-refractivity contribution in [2.45, 2.75) is 20.3 Å². The summed E-state index contributed by atoms with van der Waals surface area (Å²) in [4.78, 5) is 22.2. The Kier molecular flexibility index (Phi) is 7.07. The van der Waals surface area contributed by atoms with Crippen LogP contribution in [0.4, 0.5) is 25.8 Å². The smallest absolute Gasteiger partial charge is 0.234 e. The van der Waals surface area contributed by atoms with E-state index in [9.17, 15) is 13.6 Å². The number of amides is 1. The minimum Gasteiger partial charge on any atom is -0.497 e. The van der Waals surface area contributed by atoms with Gasteiger partial charge in [0.25, 0.3) is 0 Å². The molecule has 1 aliphatic rings. The maximum absolute atomic E-state index is 13.9. The van der Waals surface area contributed by atoms with E-state index in [1.807, 2.05) is 50.2 Å². The summed E-state index contributed by atoms with van der Waals surface area (Å²) in [5, 5.41) is 3.19. The molecule has 1 heterocycles. The standard InChI is InChI=1S/C26H23F2N3O2S/c1-15-9-23-24(10-16(15)2)31-26(13-22(29-23)17-5-4-6-19(11-17)33-3)34-14-25(32)30-21-8-7-18(27)12-20(21)28/h4-12H,13-14H2,1-3H3,(H,30,32). The number of nitrogens with zero attached hydrogens (tertiary/aromatic N) is 2. The fourth-order valence-corrected chi connectivity index (χ4v) is 4.22. The molecule has 0 atom stereocenters. The fraction of sp³-hybridized carbons (Fsp3) is 0.192. The fourth-order valence-electron chi connectivity index (χ4n) is 3.45. The van der Waals surface area contributed by atoms with E-state index in [2.05, 4.69) is 5.32 Å². The molecule has 0 saturated carbocycles. The molecule has 0 unspecified atom stereocenters. The number of thioether (sulfide) groups is 1. The topological polar surface area (TPSA) is 63.1 Å². The van der Waals surface area contributed by atoms with Crippen LogP contribution < -0.4 is 10.1 Å². The molecule has 4 rings (SSSR count). The van der Waals surface area contributed by atoms with Crippen molar-refractivity contribution in [1.82, 2.24) is 0 Å². The molecule has 3 aromatic carbocycles. The minimum absolute atomic E-state index is 0.0151. The zero-order valence-corrected chi connectivity index (χ0v) is 19.8. The van der Waals surface area contributed by atoms with Gasteiger partial charge in [0.05, 0.1) is 40.7 Å². The molecule has 8 heteroatoms. The van der Waals surface area contributed by atoms with Gasteiger partial charge in [0.2, 0.25) is 5.91 Å². The first kappa shape index (κ1) is 23.6. The zero-order valence-electron chi connectivity index (χ0n) is 19.0. The molecule has 174 valence electrons. The van der Waals surface area contributed by atoms with Gasteiger partial charge in [-0.2, -0.15) is 0 Å². The Morgan fingerprint density at radius 1 is 1.03 bits per heavy atom. The number of methoxy groups -OCH3 is 1. The number of carbonyl (C=O) groups is 1. The number of hydrogen-bond donors (Lipinski definition) is 1. The van der Waals surface area contributed by atoms with Crippen LogP contribution in [-0.4, -0.2) is 29.5 Å². The summed E-state index contributed by atoms with van der Waals surface area (Å²) < 4.78 is 32.4. The summed E-state index contributed by atoms with van der Waals surface area (Å²) in [5.41, 5.74) is 5.33. The molecule has 34 heavy (non-hydrogen) atoms. The SMILES string of the molecule is COc1cccc(C2=Nc3cc(C)c(C)cc3N=C(SCC(=O)Nc3ccc(F)cc3F)C2)c1. The molecule has 3 aromatic rings. The van der Waals surface area contributed by atoms with Gasteiger partial charge >= 0.3 is 0 Å². The number of fused-ring (bicyclic) bond motifs is 1. The lowest BCUT2D eigenvalue weighted by Crippen LogP contribution is -2.17. The van der Waals surface area contributed by atoms with Crippen molar-refractivity contribution in [3.8, 4) is 5.75 Å². The summed E-state index contributed by atoms with van der Waals surface area (Å²) in [5.74, 6) is -1.20. The molecule has 5 nitrogen and oxygen atoms in total. The number of rotatable bonds is 5. The lowest BCUT2D eigenvalue weighted by Gasteiger charge is -2.09. The van der Waals surface area contributed by atoms with Gasteiger partial charge in [0, 0.05) is 18.1 Å². The van der Waals surface area contributed by atoms with Crippen molar-refractivity contribution in [3.63, 3.8) is 0 Å². The van der Waals surface area contributed by atoms with Gasteiger partial charge in [0.1, 0.15) is 17.4 Å². The lowest BCUT2D eigenvalue weighted by molar-refractivity contribution is -0.113. The quantitative estimate of drug-likeness (QED) is 0.453. The maximum atomic E-state index is 13.9. The van der Waals surface area contributed by atoms with E-state index in [1.165, 1.54) is 17.8 Å². The lowest BCUT2D eigenvalue weighted by atomic mass is 10.1. The van der Waals surface area contributed by atoms with Gasteiger partial charge < -0.3 is 10.1 Å². The number of ether oxygens (including phenoxy) is 1. The number of anilines is 1. The monoisotopic (exact) mass is 479 g/mol. The molecule has 0 aliphatic carbocycles. The van der Waals surface area contributed by atoms with Gasteiger partial charge in [0.15, 0.2) is 0 Å². The molecule has 1 amide bonds. The zero-order chi connectivity index (χ0) is 24.2. The van der Waals surface area contributed by atoms with E-state index >= 15 is 0 Å². The number of benzene rings is 3. The summed E-state index contributed by atoms with van der Waals surface area (Å²) in [6.45, 7) is 4.04. The summed E-state index contributed by atoms with van der Waals surface area (Å²) in [7, 11) is 1.61. The Bertz CT molecular complexity index is 1320. The van der Waals surface area contributed by atoms with Gasteiger partial charge in [-0.05, 0) is 61.4 Å². The van der Waals surface area contributed by atoms with Crippen LogP contribution in [-0.2, 0) is 4.79 Å². The molecule has 0 spiro atoms. The Labute approximate surface area is 201 Å². The van der Waals surface area contributed by atoms with Crippen LogP contribution in [0.5, 0.6) is 5.75 Å². The van der Waals surface area contributed by atoms with Crippen molar-refractivity contribution in [3.05, 3.63) is 82.9 Å². The van der Waals surface area contributed by atoms with Crippen LogP contribution in [0.15, 0.2) is 64.6 Å². The first-order valence-electron chi connectivity index (χ1n) is 10.6. The molecule has 0 fully saturated rings.